The molecule has 0 aromatic heterocycles. The fourth-order valence-electron chi connectivity index (χ4n) is 0.730. The molecule has 0 amide bonds. The molecular formula is C7H5F3OS. The molecule has 66 valence electrons. The summed E-state index contributed by atoms with van der Waals surface area (Å²) < 4.78 is 48.2. The van der Waals surface area contributed by atoms with Crippen LogP contribution in [0.1, 0.15) is 0 Å². The minimum Gasteiger partial charge on any atom is -0.255 e. The lowest BCUT2D eigenvalue weighted by molar-refractivity contribution is 0.434. The molecule has 1 aromatic rings. The van der Waals surface area contributed by atoms with E-state index in [0.717, 1.165) is 12.1 Å². The van der Waals surface area contributed by atoms with Gasteiger partial charge in [-0.3, -0.25) is 4.21 Å². The maximum Gasteiger partial charge on any atom is 0.195 e. The van der Waals surface area contributed by atoms with Crippen LogP contribution in [-0.4, -0.2) is 10.5 Å². The molecule has 1 unspecified atom stereocenters. The van der Waals surface area contributed by atoms with Crippen LogP contribution >= 0.6 is 0 Å². The smallest absolute Gasteiger partial charge is 0.195 e. The van der Waals surface area contributed by atoms with Crippen molar-refractivity contribution in [2.75, 3.05) is 6.26 Å². The lowest BCUT2D eigenvalue weighted by atomic mass is 10.3. The quantitative estimate of drug-likeness (QED) is 0.623. The van der Waals surface area contributed by atoms with E-state index >= 15 is 0 Å². The lowest BCUT2D eigenvalue weighted by Crippen LogP contribution is -1.98. The Morgan fingerprint density at radius 3 is 2.25 bits per heavy atom. The van der Waals surface area contributed by atoms with Crippen LogP contribution in [0.2, 0.25) is 0 Å². The van der Waals surface area contributed by atoms with Gasteiger partial charge in [-0.25, -0.2) is 13.2 Å². The van der Waals surface area contributed by atoms with Crippen LogP contribution in [0.25, 0.3) is 0 Å². The van der Waals surface area contributed by atoms with Crippen molar-refractivity contribution in [3.63, 3.8) is 0 Å². The topological polar surface area (TPSA) is 17.1 Å². The second-order valence-electron chi connectivity index (χ2n) is 2.13. The van der Waals surface area contributed by atoms with Crippen molar-refractivity contribution in [1.82, 2.24) is 0 Å². The van der Waals surface area contributed by atoms with E-state index in [4.69, 9.17) is 0 Å². The first kappa shape index (κ1) is 9.25. The van der Waals surface area contributed by atoms with Gasteiger partial charge in [0.15, 0.2) is 17.5 Å². The first-order valence-electron chi connectivity index (χ1n) is 3.01. The van der Waals surface area contributed by atoms with Crippen molar-refractivity contribution in [3.8, 4) is 0 Å². The van der Waals surface area contributed by atoms with Crippen molar-refractivity contribution < 1.29 is 17.4 Å². The Hall–Kier alpha value is -0.840. The largest absolute Gasteiger partial charge is 0.255 e. The molecular weight excluding hydrogens is 189 g/mol. The molecule has 1 aromatic carbocycles. The molecule has 1 atom stereocenters. The first-order valence-corrected chi connectivity index (χ1v) is 4.56. The summed E-state index contributed by atoms with van der Waals surface area (Å²) >= 11 is 0. The predicted molar refractivity (Wildman–Crippen MR) is 38.6 cm³/mol. The highest BCUT2D eigenvalue weighted by Crippen LogP contribution is 2.17. The Morgan fingerprint density at radius 1 is 1.17 bits per heavy atom. The van der Waals surface area contributed by atoms with Gasteiger partial charge in [0.05, 0.1) is 15.7 Å². The Labute approximate surface area is 69.7 Å². The molecule has 12 heavy (non-hydrogen) atoms. The summed E-state index contributed by atoms with van der Waals surface area (Å²) in [4.78, 5) is -0.325. The van der Waals surface area contributed by atoms with Gasteiger partial charge in [0.25, 0.3) is 0 Å². The monoisotopic (exact) mass is 194 g/mol. The summed E-state index contributed by atoms with van der Waals surface area (Å²) in [6.45, 7) is 0. The molecule has 0 N–H and O–H groups in total. The van der Waals surface area contributed by atoms with Gasteiger partial charge in [-0.2, -0.15) is 0 Å². The molecule has 1 rings (SSSR count). The highest BCUT2D eigenvalue weighted by molar-refractivity contribution is 7.84. The highest BCUT2D eigenvalue weighted by Gasteiger charge is 2.14. The Bertz CT molecular complexity index is 338. The van der Waals surface area contributed by atoms with Gasteiger partial charge in [-0.05, 0) is 12.1 Å². The zero-order valence-electron chi connectivity index (χ0n) is 6.11. The maximum atomic E-state index is 12.7. The molecule has 0 radical (unpaired) electrons. The van der Waals surface area contributed by atoms with Gasteiger partial charge in [0.1, 0.15) is 0 Å². The molecule has 0 bridgehead atoms. The summed E-state index contributed by atoms with van der Waals surface area (Å²) in [7, 11) is -1.64. The number of halogens is 3. The minimum absolute atomic E-state index is 0.325. The van der Waals surface area contributed by atoms with Gasteiger partial charge in [0.2, 0.25) is 0 Å². The van der Waals surface area contributed by atoms with Crippen molar-refractivity contribution in [1.29, 1.82) is 0 Å². The van der Waals surface area contributed by atoms with E-state index in [0.29, 0.717) is 0 Å². The molecule has 0 aliphatic rings. The number of rotatable bonds is 1. The van der Waals surface area contributed by atoms with E-state index in [-0.39, 0.29) is 4.90 Å². The zero-order valence-corrected chi connectivity index (χ0v) is 6.92. The van der Waals surface area contributed by atoms with Crippen LogP contribution in [0.5, 0.6) is 0 Å². The van der Waals surface area contributed by atoms with Crippen LogP contribution in [0.15, 0.2) is 17.0 Å². The molecule has 5 heteroatoms. The van der Waals surface area contributed by atoms with E-state index < -0.39 is 28.3 Å². The third-order valence-electron chi connectivity index (χ3n) is 1.31. The van der Waals surface area contributed by atoms with E-state index in [1.54, 1.807) is 0 Å². The van der Waals surface area contributed by atoms with Crippen molar-refractivity contribution >= 4 is 10.8 Å². The molecule has 0 saturated carbocycles. The summed E-state index contributed by atoms with van der Waals surface area (Å²) in [5.41, 5.74) is 0. The molecule has 0 heterocycles. The standard InChI is InChI=1S/C7H5F3OS/c1-12(11)5-3-2-4(8)6(9)7(5)10/h2-3H,1H3. The fourth-order valence-corrected chi connectivity index (χ4v) is 1.33. The van der Waals surface area contributed by atoms with Gasteiger partial charge in [0, 0.05) is 6.26 Å². The summed E-state index contributed by atoms with van der Waals surface area (Å²) in [6, 6.07) is 1.71. The predicted octanol–water partition coefficient (Wildman–Crippen LogP) is 1.84. The van der Waals surface area contributed by atoms with Crippen LogP contribution in [0.3, 0.4) is 0 Å². The van der Waals surface area contributed by atoms with E-state index in [1.165, 1.54) is 6.26 Å². The average Bonchev–Trinajstić information content (AvgIpc) is 2.00. The third kappa shape index (κ3) is 1.50. The molecule has 1 nitrogen and oxygen atoms in total. The van der Waals surface area contributed by atoms with Gasteiger partial charge in [-0.15, -0.1) is 0 Å². The lowest BCUT2D eigenvalue weighted by Gasteiger charge is -1.99. The Balaban J connectivity index is 3.36. The molecule has 0 aliphatic heterocycles. The molecule has 0 saturated heterocycles. The zero-order chi connectivity index (χ0) is 9.30. The van der Waals surface area contributed by atoms with E-state index in [9.17, 15) is 17.4 Å². The van der Waals surface area contributed by atoms with Crippen LogP contribution in [0, 0.1) is 17.5 Å². The van der Waals surface area contributed by atoms with Crippen LogP contribution < -0.4 is 0 Å². The highest BCUT2D eigenvalue weighted by atomic mass is 32.2. The first-order chi connectivity index (χ1) is 5.54. The molecule has 0 fully saturated rings. The molecule has 0 spiro atoms. The Kier molecular flexibility index (Phi) is 2.52. The third-order valence-corrected chi connectivity index (χ3v) is 2.24. The fraction of sp³-hybridized carbons (Fsp3) is 0.143. The van der Waals surface area contributed by atoms with Crippen molar-refractivity contribution in [2.24, 2.45) is 0 Å². The number of benzene rings is 1. The van der Waals surface area contributed by atoms with E-state index in [1.807, 2.05) is 0 Å². The number of hydrogen-bond donors (Lipinski definition) is 0. The van der Waals surface area contributed by atoms with Crippen molar-refractivity contribution in [3.05, 3.63) is 29.6 Å². The van der Waals surface area contributed by atoms with Crippen molar-refractivity contribution in [2.45, 2.75) is 4.90 Å². The molecule has 0 aliphatic carbocycles. The maximum absolute atomic E-state index is 12.7. The SMILES string of the molecule is CS(=O)c1ccc(F)c(F)c1F. The van der Waals surface area contributed by atoms with Gasteiger partial charge >= 0.3 is 0 Å². The van der Waals surface area contributed by atoms with E-state index in [2.05, 4.69) is 0 Å². The second kappa shape index (κ2) is 3.26. The normalized spacial score (nSPS) is 13.0. The average molecular weight is 194 g/mol. The summed E-state index contributed by atoms with van der Waals surface area (Å²) in [5.74, 6) is -4.24. The summed E-state index contributed by atoms with van der Waals surface area (Å²) in [6.07, 6.45) is 1.19. The minimum atomic E-state index is -1.64. The summed E-state index contributed by atoms with van der Waals surface area (Å²) in [5, 5.41) is 0. The second-order valence-corrected chi connectivity index (χ2v) is 3.48. The van der Waals surface area contributed by atoms with Gasteiger partial charge < -0.3 is 0 Å². The van der Waals surface area contributed by atoms with Crippen LogP contribution in [-0.2, 0) is 10.8 Å². The van der Waals surface area contributed by atoms with Gasteiger partial charge in [-0.1, -0.05) is 0 Å². The Morgan fingerprint density at radius 2 is 1.75 bits per heavy atom. The van der Waals surface area contributed by atoms with Crippen LogP contribution in [0.4, 0.5) is 13.2 Å². The number of hydrogen-bond acceptors (Lipinski definition) is 1.